The van der Waals surface area contributed by atoms with Crippen molar-refractivity contribution in [3.63, 3.8) is 0 Å². The van der Waals surface area contributed by atoms with E-state index in [1.165, 1.54) is 14.7 Å². The van der Waals surface area contributed by atoms with E-state index in [1.807, 2.05) is 61.5 Å². The Balaban J connectivity index is 1.76. The smallest absolute Gasteiger partial charge is 0.325 e. The van der Waals surface area contributed by atoms with E-state index in [0.29, 0.717) is 34.9 Å². The van der Waals surface area contributed by atoms with Gasteiger partial charge in [0.05, 0.1) is 12.2 Å². The number of carbonyl (C=O) groups is 1. The van der Waals surface area contributed by atoms with Gasteiger partial charge in [-0.05, 0) is 43.0 Å². The van der Waals surface area contributed by atoms with E-state index in [-0.39, 0.29) is 19.0 Å². The van der Waals surface area contributed by atoms with Gasteiger partial charge >= 0.3 is 5.69 Å². The third-order valence-corrected chi connectivity index (χ3v) is 5.92. The quantitative estimate of drug-likeness (QED) is 0.458. The summed E-state index contributed by atoms with van der Waals surface area (Å²) in [7, 11) is 0. The highest BCUT2D eigenvalue weighted by Gasteiger charge is 2.21. The van der Waals surface area contributed by atoms with E-state index in [2.05, 4.69) is 24.3 Å². The monoisotopic (exact) mass is 459 g/mol. The fraction of sp³-hybridized carbons (Fsp3) is 0.308. The van der Waals surface area contributed by atoms with Crippen molar-refractivity contribution in [1.82, 2.24) is 18.9 Å². The maximum absolute atomic E-state index is 13.5. The van der Waals surface area contributed by atoms with Gasteiger partial charge in [0.25, 0.3) is 5.56 Å². The van der Waals surface area contributed by atoms with Crippen molar-refractivity contribution in [2.75, 3.05) is 5.32 Å². The molecule has 0 aliphatic carbocycles. The van der Waals surface area contributed by atoms with Crippen molar-refractivity contribution < 1.29 is 4.79 Å². The molecule has 0 aliphatic rings. The SMILES string of the molecule is CCn1nc(C)c2c1c(=O)n(Cc1ccccc1)c(=O)n2CC(=O)Nc1ccc(C(C)C)cc1. The first-order chi connectivity index (χ1) is 16.3. The van der Waals surface area contributed by atoms with Crippen LogP contribution in [0.2, 0.25) is 0 Å². The molecule has 0 atom stereocenters. The van der Waals surface area contributed by atoms with Crippen LogP contribution in [0.4, 0.5) is 5.69 Å². The Morgan fingerprint density at radius 1 is 0.971 bits per heavy atom. The Morgan fingerprint density at radius 2 is 1.65 bits per heavy atom. The molecule has 0 radical (unpaired) electrons. The van der Waals surface area contributed by atoms with Crippen LogP contribution < -0.4 is 16.6 Å². The lowest BCUT2D eigenvalue weighted by Crippen LogP contribution is -2.42. The van der Waals surface area contributed by atoms with Crippen LogP contribution in [-0.2, 0) is 24.4 Å². The average molecular weight is 460 g/mol. The van der Waals surface area contributed by atoms with Gasteiger partial charge in [-0.15, -0.1) is 0 Å². The molecular weight excluding hydrogens is 430 g/mol. The van der Waals surface area contributed by atoms with Crippen molar-refractivity contribution in [3.05, 3.63) is 92.3 Å². The molecule has 2 aromatic carbocycles. The fourth-order valence-corrected chi connectivity index (χ4v) is 4.14. The summed E-state index contributed by atoms with van der Waals surface area (Å²) in [6.45, 7) is 8.19. The van der Waals surface area contributed by atoms with Gasteiger partial charge in [0.1, 0.15) is 12.1 Å². The molecule has 8 heteroatoms. The molecule has 4 aromatic rings. The van der Waals surface area contributed by atoms with Crippen molar-refractivity contribution in [3.8, 4) is 0 Å². The standard InChI is InChI=1S/C26H29N5O3/c1-5-31-24-23(18(4)28-31)29(16-22(32)27-21-13-11-20(12-14-21)17(2)3)26(34)30(25(24)33)15-19-9-7-6-8-10-19/h6-14,17H,5,15-16H2,1-4H3,(H,27,32). The third-order valence-electron chi connectivity index (χ3n) is 5.92. The normalized spacial score (nSPS) is 11.3. The zero-order chi connectivity index (χ0) is 24.4. The van der Waals surface area contributed by atoms with Gasteiger partial charge in [-0.3, -0.25) is 23.4 Å². The number of aryl methyl sites for hydroxylation is 2. The van der Waals surface area contributed by atoms with Crippen molar-refractivity contribution in [1.29, 1.82) is 0 Å². The number of carbonyl (C=O) groups excluding carboxylic acids is 1. The summed E-state index contributed by atoms with van der Waals surface area (Å²) >= 11 is 0. The molecule has 1 amide bonds. The van der Waals surface area contributed by atoms with Gasteiger partial charge in [0, 0.05) is 12.2 Å². The Bertz CT molecular complexity index is 1440. The number of aromatic nitrogens is 4. The molecule has 0 bridgehead atoms. The Morgan fingerprint density at radius 3 is 2.26 bits per heavy atom. The zero-order valence-corrected chi connectivity index (χ0v) is 19.9. The molecule has 34 heavy (non-hydrogen) atoms. The van der Waals surface area contributed by atoms with Gasteiger partial charge in [-0.1, -0.05) is 56.3 Å². The van der Waals surface area contributed by atoms with Crippen LogP contribution in [0.25, 0.3) is 11.0 Å². The van der Waals surface area contributed by atoms with Crippen LogP contribution in [0, 0.1) is 6.92 Å². The summed E-state index contributed by atoms with van der Waals surface area (Å²) < 4.78 is 4.12. The van der Waals surface area contributed by atoms with E-state index >= 15 is 0 Å². The lowest BCUT2D eigenvalue weighted by atomic mass is 10.0. The Labute approximate surface area is 197 Å². The average Bonchev–Trinajstić information content (AvgIpc) is 3.16. The van der Waals surface area contributed by atoms with E-state index in [4.69, 9.17) is 0 Å². The summed E-state index contributed by atoms with van der Waals surface area (Å²) in [6.07, 6.45) is 0. The second kappa shape index (κ2) is 9.51. The second-order valence-electron chi connectivity index (χ2n) is 8.67. The largest absolute Gasteiger partial charge is 0.332 e. The molecule has 2 aromatic heterocycles. The van der Waals surface area contributed by atoms with Gasteiger partial charge in [-0.25, -0.2) is 4.79 Å². The topological polar surface area (TPSA) is 90.9 Å². The molecule has 0 saturated heterocycles. The molecule has 4 rings (SSSR count). The van der Waals surface area contributed by atoms with E-state index in [9.17, 15) is 14.4 Å². The molecule has 0 saturated carbocycles. The highest BCUT2D eigenvalue weighted by atomic mass is 16.2. The highest BCUT2D eigenvalue weighted by molar-refractivity contribution is 5.91. The van der Waals surface area contributed by atoms with Crippen LogP contribution in [-0.4, -0.2) is 24.8 Å². The molecule has 8 nitrogen and oxygen atoms in total. The lowest BCUT2D eigenvalue weighted by molar-refractivity contribution is -0.116. The zero-order valence-electron chi connectivity index (χ0n) is 19.9. The molecule has 0 aliphatic heterocycles. The number of rotatable bonds is 7. The number of fused-ring (bicyclic) bond motifs is 1. The third kappa shape index (κ3) is 4.44. The lowest BCUT2D eigenvalue weighted by Gasteiger charge is -2.14. The first-order valence-corrected chi connectivity index (χ1v) is 11.4. The first-order valence-electron chi connectivity index (χ1n) is 11.4. The molecule has 2 heterocycles. The summed E-state index contributed by atoms with van der Waals surface area (Å²) in [4.78, 5) is 39.8. The predicted octanol–water partition coefficient (Wildman–Crippen LogP) is 3.50. The number of hydrogen-bond donors (Lipinski definition) is 1. The van der Waals surface area contributed by atoms with Crippen molar-refractivity contribution in [2.45, 2.75) is 53.2 Å². The molecule has 0 spiro atoms. The number of nitrogens with zero attached hydrogens (tertiary/aromatic N) is 4. The van der Waals surface area contributed by atoms with Crippen molar-refractivity contribution >= 4 is 22.6 Å². The minimum atomic E-state index is -0.537. The summed E-state index contributed by atoms with van der Waals surface area (Å²) in [6, 6.07) is 16.9. The molecule has 176 valence electrons. The summed E-state index contributed by atoms with van der Waals surface area (Å²) in [5.74, 6) is 0.0367. The van der Waals surface area contributed by atoms with Crippen LogP contribution >= 0.6 is 0 Å². The molecule has 1 N–H and O–H groups in total. The van der Waals surface area contributed by atoms with Crippen LogP contribution in [0.15, 0.2) is 64.2 Å². The van der Waals surface area contributed by atoms with E-state index in [0.717, 1.165) is 5.56 Å². The number of benzene rings is 2. The van der Waals surface area contributed by atoms with Gasteiger partial charge < -0.3 is 5.32 Å². The van der Waals surface area contributed by atoms with Gasteiger partial charge in [0.15, 0.2) is 5.52 Å². The van der Waals surface area contributed by atoms with Crippen LogP contribution in [0.1, 0.15) is 43.5 Å². The second-order valence-corrected chi connectivity index (χ2v) is 8.67. The number of hydrogen-bond acceptors (Lipinski definition) is 4. The fourth-order valence-electron chi connectivity index (χ4n) is 4.14. The summed E-state index contributed by atoms with van der Waals surface area (Å²) in [5, 5.41) is 7.31. The highest BCUT2D eigenvalue weighted by Crippen LogP contribution is 2.18. The summed E-state index contributed by atoms with van der Waals surface area (Å²) in [5.41, 5.74) is 2.95. The number of nitrogens with one attached hydrogen (secondary N) is 1. The van der Waals surface area contributed by atoms with Crippen LogP contribution in [0.3, 0.4) is 0 Å². The molecule has 0 fully saturated rings. The van der Waals surface area contributed by atoms with Crippen LogP contribution in [0.5, 0.6) is 0 Å². The van der Waals surface area contributed by atoms with Gasteiger partial charge in [0.2, 0.25) is 5.91 Å². The number of amides is 1. The molecule has 0 unspecified atom stereocenters. The van der Waals surface area contributed by atoms with Gasteiger partial charge in [-0.2, -0.15) is 5.10 Å². The minimum Gasteiger partial charge on any atom is -0.325 e. The Kier molecular flexibility index (Phi) is 6.49. The predicted molar refractivity (Wildman–Crippen MR) is 133 cm³/mol. The van der Waals surface area contributed by atoms with E-state index in [1.54, 1.807) is 11.6 Å². The maximum atomic E-state index is 13.5. The Hall–Kier alpha value is -3.94. The number of anilines is 1. The van der Waals surface area contributed by atoms with Crippen molar-refractivity contribution in [2.24, 2.45) is 0 Å². The van der Waals surface area contributed by atoms with E-state index < -0.39 is 11.2 Å². The minimum absolute atomic E-state index is 0.112. The maximum Gasteiger partial charge on any atom is 0.332 e. The molecular formula is C26H29N5O3. The first kappa shape index (κ1) is 23.2.